The Bertz CT molecular complexity index is 551. The molecular formula is C14H22Cl2GeSi2. The van der Waals surface area contributed by atoms with Gasteiger partial charge in [-0.25, -0.2) is 0 Å². The molecule has 0 amide bonds. The topological polar surface area (TPSA) is 0 Å². The van der Waals surface area contributed by atoms with Crippen molar-refractivity contribution < 1.29 is 0 Å². The van der Waals surface area contributed by atoms with Crippen LogP contribution in [-0.4, -0.2) is 27.6 Å². The van der Waals surface area contributed by atoms with Crippen molar-refractivity contribution in [3.8, 4) is 0 Å². The normalized spacial score (nSPS) is 18.7. The van der Waals surface area contributed by atoms with Crippen LogP contribution in [0, 0.1) is 0 Å². The van der Waals surface area contributed by atoms with Crippen molar-refractivity contribution >= 4 is 57.2 Å². The summed E-state index contributed by atoms with van der Waals surface area (Å²) in [4.78, 5) is 0. The number of benzene rings is 1. The predicted molar refractivity (Wildman–Crippen MR) is 97.1 cm³/mol. The molecule has 1 aliphatic rings. The molecule has 0 unspecified atom stereocenters. The van der Waals surface area contributed by atoms with Gasteiger partial charge in [0, 0.05) is 0 Å². The molecule has 5 heteroatoms. The van der Waals surface area contributed by atoms with Gasteiger partial charge in [0.1, 0.15) is 0 Å². The van der Waals surface area contributed by atoms with Crippen LogP contribution >= 0.6 is 20.0 Å². The van der Waals surface area contributed by atoms with Crippen LogP contribution in [0.15, 0.2) is 28.3 Å². The summed E-state index contributed by atoms with van der Waals surface area (Å²) >= 11 is -3.06. The van der Waals surface area contributed by atoms with E-state index in [2.05, 4.69) is 63.5 Å². The fourth-order valence-corrected chi connectivity index (χ4v) is 34.8. The molecule has 0 nitrogen and oxygen atoms in total. The fourth-order valence-electron chi connectivity index (χ4n) is 3.03. The van der Waals surface area contributed by atoms with E-state index in [1.54, 1.807) is 5.20 Å². The summed E-state index contributed by atoms with van der Waals surface area (Å²) in [5.74, 6) is 0. The minimum absolute atomic E-state index is 1.28. The van der Waals surface area contributed by atoms with Gasteiger partial charge in [0.25, 0.3) is 0 Å². The van der Waals surface area contributed by atoms with Crippen LogP contribution in [0.3, 0.4) is 0 Å². The van der Waals surface area contributed by atoms with Gasteiger partial charge in [-0.2, -0.15) is 0 Å². The van der Waals surface area contributed by atoms with Crippen LogP contribution in [0.2, 0.25) is 39.3 Å². The molecule has 1 heterocycles. The molecule has 0 N–H and O–H groups in total. The molecule has 1 aromatic rings. The second kappa shape index (κ2) is 4.77. The van der Waals surface area contributed by atoms with Gasteiger partial charge >= 0.3 is 130 Å². The van der Waals surface area contributed by atoms with E-state index in [0.29, 0.717) is 0 Å². The molecule has 0 aromatic heterocycles. The van der Waals surface area contributed by atoms with Crippen molar-refractivity contribution in [2.75, 3.05) is 0 Å². The van der Waals surface area contributed by atoms with Gasteiger partial charge in [-0.15, -0.1) is 0 Å². The van der Waals surface area contributed by atoms with Gasteiger partial charge in [-0.3, -0.25) is 0 Å². The molecule has 2 rings (SSSR count). The molecule has 0 bridgehead atoms. The summed E-state index contributed by atoms with van der Waals surface area (Å²) in [5.41, 5.74) is 1.38. The third-order valence-electron chi connectivity index (χ3n) is 3.60. The van der Waals surface area contributed by atoms with E-state index in [0.717, 1.165) is 0 Å². The zero-order chi connectivity index (χ0) is 14.6. The van der Waals surface area contributed by atoms with E-state index < -0.39 is 27.6 Å². The predicted octanol–water partition coefficient (Wildman–Crippen LogP) is 4.87. The van der Waals surface area contributed by atoms with Crippen LogP contribution in [0.25, 0.3) is 5.20 Å². The van der Waals surface area contributed by atoms with E-state index in [1.807, 2.05) is 0 Å². The second-order valence-corrected chi connectivity index (χ2v) is 29.9. The van der Waals surface area contributed by atoms with Crippen LogP contribution in [-0.2, 0) is 0 Å². The molecule has 0 atom stereocenters. The molecule has 1 aliphatic heterocycles. The van der Waals surface area contributed by atoms with Crippen molar-refractivity contribution in [3.63, 3.8) is 0 Å². The standard InChI is InChI=1S/C14H22Cl2GeSi2/c1-18(2,3)13-11-9-7-8-10-12(11)17(15,16)14(13)19(4,5)6/h7-10H,1-6H3. The summed E-state index contributed by atoms with van der Waals surface area (Å²) in [6.45, 7) is 14.4. The number of halogens is 2. The molecule has 0 saturated heterocycles. The first-order valence-corrected chi connectivity index (χ1v) is 21.3. The first kappa shape index (κ1) is 15.9. The van der Waals surface area contributed by atoms with Crippen molar-refractivity contribution in [1.29, 1.82) is 0 Å². The Morgan fingerprint density at radius 1 is 0.842 bits per heavy atom. The first-order valence-electron chi connectivity index (χ1n) is 6.71. The van der Waals surface area contributed by atoms with Gasteiger partial charge in [-0.1, -0.05) is 0 Å². The maximum atomic E-state index is 7.00. The number of fused-ring (bicyclic) bond motifs is 1. The Hall–Kier alpha value is 0.517. The molecule has 0 spiro atoms. The molecule has 104 valence electrons. The molecular weight excluding hydrogens is 368 g/mol. The Balaban J connectivity index is 2.86. The van der Waals surface area contributed by atoms with Crippen molar-refractivity contribution in [2.45, 2.75) is 39.3 Å². The fraction of sp³-hybridized carbons (Fsp3) is 0.429. The van der Waals surface area contributed by atoms with Crippen LogP contribution < -0.4 is 4.40 Å². The average Bonchev–Trinajstić information content (AvgIpc) is 2.46. The summed E-state index contributed by atoms with van der Waals surface area (Å²) in [5, 5.41) is 1.58. The monoisotopic (exact) mass is 390 g/mol. The molecule has 0 saturated carbocycles. The van der Waals surface area contributed by atoms with Crippen molar-refractivity contribution in [2.24, 2.45) is 0 Å². The average molecular weight is 390 g/mol. The Kier molecular flexibility index (Phi) is 3.99. The first-order chi connectivity index (χ1) is 8.47. The number of rotatable bonds is 2. The van der Waals surface area contributed by atoms with Gasteiger partial charge in [-0.05, 0) is 0 Å². The molecule has 0 radical (unpaired) electrons. The summed E-state index contributed by atoms with van der Waals surface area (Å²) < 4.78 is 2.80. The second-order valence-electron chi connectivity index (χ2n) is 7.37. The number of hydrogen-bond donors (Lipinski definition) is 0. The van der Waals surface area contributed by atoms with Crippen molar-refractivity contribution in [1.82, 2.24) is 0 Å². The zero-order valence-corrected chi connectivity index (χ0v) is 18.2. The molecule has 0 fully saturated rings. The summed E-state index contributed by atoms with van der Waals surface area (Å²) in [7, 11) is 11.1. The minimum atomic E-state index is -3.06. The third-order valence-corrected chi connectivity index (χ3v) is 24.7. The molecule has 19 heavy (non-hydrogen) atoms. The van der Waals surface area contributed by atoms with E-state index in [9.17, 15) is 0 Å². The van der Waals surface area contributed by atoms with E-state index in [4.69, 9.17) is 20.0 Å². The molecule has 0 aliphatic carbocycles. The van der Waals surface area contributed by atoms with E-state index >= 15 is 0 Å². The van der Waals surface area contributed by atoms with Gasteiger partial charge in [0.2, 0.25) is 0 Å². The van der Waals surface area contributed by atoms with Crippen LogP contribution in [0.5, 0.6) is 0 Å². The number of hydrogen-bond acceptors (Lipinski definition) is 0. The quantitative estimate of drug-likeness (QED) is 0.632. The molecule has 1 aromatic carbocycles. The van der Waals surface area contributed by atoms with Crippen LogP contribution in [0.4, 0.5) is 0 Å². The SMILES string of the molecule is C[Si](C)(C)C1=[C]([Si](C)(C)C)[Ge]([Cl])([Cl])[c]2ccccc21. The van der Waals surface area contributed by atoms with Gasteiger partial charge < -0.3 is 0 Å². The van der Waals surface area contributed by atoms with Gasteiger partial charge in [0.05, 0.1) is 0 Å². The zero-order valence-electron chi connectivity index (χ0n) is 12.6. The Morgan fingerprint density at radius 3 is 1.84 bits per heavy atom. The third kappa shape index (κ3) is 2.67. The van der Waals surface area contributed by atoms with E-state index in [1.165, 1.54) is 14.0 Å². The van der Waals surface area contributed by atoms with E-state index in [-0.39, 0.29) is 0 Å². The Morgan fingerprint density at radius 2 is 1.37 bits per heavy atom. The summed E-state index contributed by atoms with van der Waals surface area (Å²) in [6.07, 6.45) is 0. The van der Waals surface area contributed by atoms with Gasteiger partial charge in [0.15, 0.2) is 0 Å². The van der Waals surface area contributed by atoms with Crippen molar-refractivity contribution in [3.05, 3.63) is 33.9 Å². The van der Waals surface area contributed by atoms with Crippen LogP contribution in [0.1, 0.15) is 5.56 Å². The Labute approximate surface area is 130 Å². The maximum absolute atomic E-state index is 7.00. The summed E-state index contributed by atoms with van der Waals surface area (Å²) in [6, 6.07) is 8.61.